The van der Waals surface area contributed by atoms with Crippen LogP contribution in [0.1, 0.15) is 21.5 Å². The zero-order valence-corrected chi connectivity index (χ0v) is 12.2. The zero-order valence-electron chi connectivity index (χ0n) is 11.3. The summed E-state index contributed by atoms with van der Waals surface area (Å²) in [4.78, 5) is 24.8. The molecule has 7 nitrogen and oxygen atoms in total. The number of furan rings is 1. The molecule has 3 rings (SSSR count). The minimum absolute atomic E-state index is 0.0570. The van der Waals surface area contributed by atoms with Crippen LogP contribution in [-0.4, -0.2) is 32.5 Å². The number of hydrogen-bond donors (Lipinski definition) is 2. The number of carbonyl (C=O) groups excluding carboxylic acids is 1. The van der Waals surface area contributed by atoms with E-state index in [1.54, 1.807) is 30.6 Å². The fourth-order valence-electron chi connectivity index (χ4n) is 1.75. The van der Waals surface area contributed by atoms with Gasteiger partial charge in [-0.1, -0.05) is 0 Å². The van der Waals surface area contributed by atoms with Gasteiger partial charge in [-0.15, -0.1) is 11.3 Å². The molecule has 0 aromatic carbocycles. The molecular formula is C14H12N4O3S. The van der Waals surface area contributed by atoms with Crippen molar-refractivity contribution in [3.8, 4) is 10.8 Å². The van der Waals surface area contributed by atoms with E-state index >= 15 is 0 Å². The fourth-order valence-corrected chi connectivity index (χ4v) is 2.53. The molecule has 0 aliphatic heterocycles. The molecule has 0 spiro atoms. The summed E-state index contributed by atoms with van der Waals surface area (Å²) in [7, 11) is 0. The van der Waals surface area contributed by atoms with Crippen molar-refractivity contribution in [2.45, 2.75) is 6.10 Å². The maximum atomic E-state index is 12.0. The molecule has 8 heteroatoms. The van der Waals surface area contributed by atoms with Crippen molar-refractivity contribution in [2.24, 2.45) is 0 Å². The van der Waals surface area contributed by atoms with Crippen molar-refractivity contribution in [3.63, 3.8) is 0 Å². The Kier molecular flexibility index (Phi) is 4.22. The lowest BCUT2D eigenvalue weighted by Crippen LogP contribution is -2.27. The second-order valence-electron chi connectivity index (χ2n) is 4.34. The van der Waals surface area contributed by atoms with Crippen LogP contribution in [-0.2, 0) is 0 Å². The van der Waals surface area contributed by atoms with Crippen LogP contribution in [0, 0.1) is 0 Å². The minimum Gasteiger partial charge on any atom is -0.467 e. The molecule has 0 radical (unpaired) electrons. The highest BCUT2D eigenvalue weighted by atomic mass is 32.1. The van der Waals surface area contributed by atoms with Crippen LogP contribution in [0.15, 0.2) is 47.5 Å². The standard InChI is InChI=1S/C14H12N4O3S/c19-9(10-3-1-6-21-10)7-17-13(20)11-8-18-14(22-11)12-15-4-2-5-16-12/h1-6,8-9,19H,7H2,(H,17,20). The lowest BCUT2D eigenvalue weighted by molar-refractivity contribution is 0.0905. The topological polar surface area (TPSA) is 101 Å². The maximum absolute atomic E-state index is 12.0. The van der Waals surface area contributed by atoms with Gasteiger partial charge >= 0.3 is 0 Å². The molecule has 22 heavy (non-hydrogen) atoms. The molecule has 0 saturated carbocycles. The highest BCUT2D eigenvalue weighted by molar-refractivity contribution is 7.16. The summed E-state index contributed by atoms with van der Waals surface area (Å²) >= 11 is 1.19. The van der Waals surface area contributed by atoms with Crippen LogP contribution in [0.25, 0.3) is 10.8 Å². The van der Waals surface area contributed by atoms with Gasteiger partial charge < -0.3 is 14.8 Å². The van der Waals surface area contributed by atoms with Crippen molar-refractivity contribution >= 4 is 17.2 Å². The molecule has 0 fully saturated rings. The van der Waals surface area contributed by atoms with E-state index in [1.165, 1.54) is 23.8 Å². The number of nitrogens with one attached hydrogen (secondary N) is 1. The Morgan fingerprint density at radius 3 is 2.86 bits per heavy atom. The molecule has 1 unspecified atom stereocenters. The third kappa shape index (κ3) is 3.18. The second kappa shape index (κ2) is 6.46. The normalized spacial score (nSPS) is 12.0. The maximum Gasteiger partial charge on any atom is 0.263 e. The predicted octanol–water partition coefficient (Wildman–Crippen LogP) is 1.66. The molecule has 3 heterocycles. The Hall–Kier alpha value is -2.58. The number of aliphatic hydroxyl groups is 1. The lowest BCUT2D eigenvalue weighted by atomic mass is 10.3. The molecule has 2 N–H and O–H groups in total. The van der Waals surface area contributed by atoms with Gasteiger partial charge in [-0.25, -0.2) is 15.0 Å². The van der Waals surface area contributed by atoms with Gasteiger partial charge in [-0.3, -0.25) is 4.79 Å². The number of amides is 1. The number of hydrogen-bond acceptors (Lipinski definition) is 7. The number of rotatable bonds is 5. The van der Waals surface area contributed by atoms with Crippen LogP contribution in [0.3, 0.4) is 0 Å². The van der Waals surface area contributed by atoms with Gasteiger partial charge in [0, 0.05) is 12.4 Å². The quantitative estimate of drug-likeness (QED) is 0.742. The molecular weight excluding hydrogens is 304 g/mol. The van der Waals surface area contributed by atoms with E-state index < -0.39 is 6.10 Å². The Morgan fingerprint density at radius 2 is 2.14 bits per heavy atom. The molecule has 0 aliphatic rings. The lowest BCUT2D eigenvalue weighted by Gasteiger charge is -2.08. The van der Waals surface area contributed by atoms with Crippen LogP contribution in [0.5, 0.6) is 0 Å². The monoisotopic (exact) mass is 316 g/mol. The van der Waals surface area contributed by atoms with Gasteiger partial charge in [0.25, 0.3) is 5.91 Å². The Balaban J connectivity index is 1.62. The van der Waals surface area contributed by atoms with Crippen LogP contribution in [0.4, 0.5) is 0 Å². The van der Waals surface area contributed by atoms with Crippen LogP contribution in [0.2, 0.25) is 0 Å². The van der Waals surface area contributed by atoms with E-state index in [4.69, 9.17) is 4.42 Å². The summed E-state index contributed by atoms with van der Waals surface area (Å²) in [6, 6.07) is 5.03. The van der Waals surface area contributed by atoms with Gasteiger partial charge in [0.1, 0.15) is 16.7 Å². The number of aromatic nitrogens is 3. The molecule has 0 bridgehead atoms. The van der Waals surface area contributed by atoms with E-state index in [-0.39, 0.29) is 12.5 Å². The van der Waals surface area contributed by atoms with Gasteiger partial charge in [0.2, 0.25) is 0 Å². The number of nitrogens with zero attached hydrogens (tertiary/aromatic N) is 3. The fraction of sp³-hybridized carbons (Fsp3) is 0.143. The smallest absolute Gasteiger partial charge is 0.263 e. The summed E-state index contributed by atoms with van der Waals surface area (Å²) in [5.74, 6) is 0.565. The van der Waals surface area contributed by atoms with E-state index in [0.717, 1.165) is 0 Å². The third-order valence-corrected chi connectivity index (χ3v) is 3.81. The molecule has 1 amide bonds. The summed E-state index contributed by atoms with van der Waals surface area (Å²) in [6.07, 6.45) is 5.27. The predicted molar refractivity (Wildman–Crippen MR) is 79.1 cm³/mol. The molecule has 0 aliphatic carbocycles. The number of thiazole rings is 1. The second-order valence-corrected chi connectivity index (χ2v) is 5.37. The first-order valence-corrected chi connectivity index (χ1v) is 7.28. The Morgan fingerprint density at radius 1 is 1.32 bits per heavy atom. The van der Waals surface area contributed by atoms with Crippen LogP contribution < -0.4 is 5.32 Å². The number of aliphatic hydroxyl groups excluding tert-OH is 1. The summed E-state index contributed by atoms with van der Waals surface area (Å²) in [6.45, 7) is 0.0570. The van der Waals surface area contributed by atoms with E-state index in [9.17, 15) is 9.90 Å². The summed E-state index contributed by atoms with van der Waals surface area (Å²) < 4.78 is 5.07. The first-order valence-electron chi connectivity index (χ1n) is 6.47. The SMILES string of the molecule is O=C(NCC(O)c1ccco1)c1cnc(-c2ncccn2)s1. The van der Waals surface area contributed by atoms with E-state index in [2.05, 4.69) is 20.3 Å². The number of carbonyl (C=O) groups is 1. The summed E-state index contributed by atoms with van der Waals surface area (Å²) in [5, 5.41) is 13.0. The van der Waals surface area contributed by atoms with Crippen molar-refractivity contribution in [2.75, 3.05) is 6.54 Å². The van der Waals surface area contributed by atoms with E-state index in [0.29, 0.717) is 21.5 Å². The van der Waals surface area contributed by atoms with Crippen molar-refractivity contribution in [1.82, 2.24) is 20.3 Å². The van der Waals surface area contributed by atoms with Crippen LogP contribution >= 0.6 is 11.3 Å². The first-order chi connectivity index (χ1) is 10.7. The molecule has 1 atom stereocenters. The largest absolute Gasteiger partial charge is 0.467 e. The molecule has 112 valence electrons. The molecule has 3 aromatic heterocycles. The van der Waals surface area contributed by atoms with Gasteiger partial charge in [-0.05, 0) is 18.2 Å². The van der Waals surface area contributed by atoms with Crippen molar-refractivity contribution in [1.29, 1.82) is 0 Å². The highest BCUT2D eigenvalue weighted by Gasteiger charge is 2.16. The molecule has 0 saturated heterocycles. The molecule has 3 aromatic rings. The Labute approximate surface area is 129 Å². The van der Waals surface area contributed by atoms with Gasteiger partial charge in [-0.2, -0.15) is 0 Å². The Bertz CT molecular complexity index is 743. The van der Waals surface area contributed by atoms with Gasteiger partial charge in [0.15, 0.2) is 10.8 Å². The zero-order chi connectivity index (χ0) is 15.4. The van der Waals surface area contributed by atoms with Crippen molar-refractivity contribution in [3.05, 3.63) is 53.7 Å². The van der Waals surface area contributed by atoms with E-state index in [1.807, 2.05) is 0 Å². The summed E-state index contributed by atoms with van der Waals surface area (Å²) in [5.41, 5.74) is 0. The third-order valence-electron chi connectivity index (χ3n) is 2.81. The first kappa shape index (κ1) is 14.4. The minimum atomic E-state index is -0.885. The van der Waals surface area contributed by atoms with Crippen molar-refractivity contribution < 1.29 is 14.3 Å². The average molecular weight is 316 g/mol. The highest BCUT2D eigenvalue weighted by Crippen LogP contribution is 2.21. The average Bonchev–Trinajstić information content (AvgIpc) is 3.24. The van der Waals surface area contributed by atoms with Gasteiger partial charge in [0.05, 0.1) is 19.0 Å².